The van der Waals surface area contributed by atoms with Crippen molar-refractivity contribution in [1.29, 1.82) is 0 Å². The van der Waals surface area contributed by atoms with Crippen LogP contribution in [0.15, 0.2) is 0 Å². The molecular formula is C13H24N2O2. The highest BCUT2D eigenvalue weighted by Crippen LogP contribution is 2.24. The molecule has 3 N–H and O–H groups in total. The van der Waals surface area contributed by atoms with Crippen molar-refractivity contribution in [2.75, 3.05) is 13.2 Å². The Hall–Kier alpha value is -0.610. The SMILES string of the molecule is O=C(NC1CCCCC1CO)[C@H]1CCCCN1. The van der Waals surface area contributed by atoms with Gasteiger partial charge in [0.2, 0.25) is 5.91 Å². The fourth-order valence-electron chi connectivity index (χ4n) is 2.98. The fourth-order valence-corrected chi connectivity index (χ4v) is 2.98. The number of carbonyl (C=O) groups is 1. The Morgan fingerprint density at radius 3 is 2.65 bits per heavy atom. The van der Waals surface area contributed by atoms with E-state index in [4.69, 9.17) is 0 Å². The molecule has 2 fully saturated rings. The first-order valence-corrected chi connectivity index (χ1v) is 6.96. The molecule has 2 aliphatic rings. The van der Waals surface area contributed by atoms with Crippen LogP contribution in [0.25, 0.3) is 0 Å². The average Bonchev–Trinajstić information content (AvgIpc) is 2.40. The van der Waals surface area contributed by atoms with Crippen LogP contribution in [0.3, 0.4) is 0 Å². The number of aliphatic hydroxyl groups is 1. The number of carbonyl (C=O) groups excluding carboxylic acids is 1. The summed E-state index contributed by atoms with van der Waals surface area (Å²) in [5.41, 5.74) is 0. The van der Waals surface area contributed by atoms with Gasteiger partial charge in [-0.25, -0.2) is 0 Å². The van der Waals surface area contributed by atoms with Gasteiger partial charge >= 0.3 is 0 Å². The molecule has 2 rings (SSSR count). The van der Waals surface area contributed by atoms with E-state index in [-0.39, 0.29) is 30.5 Å². The topological polar surface area (TPSA) is 61.4 Å². The van der Waals surface area contributed by atoms with Crippen molar-refractivity contribution in [2.45, 2.75) is 57.0 Å². The lowest BCUT2D eigenvalue weighted by molar-refractivity contribution is -0.125. The third kappa shape index (κ3) is 3.42. The number of piperidine rings is 1. The van der Waals surface area contributed by atoms with Crippen molar-refractivity contribution < 1.29 is 9.90 Å². The van der Waals surface area contributed by atoms with Gasteiger partial charge in [-0.1, -0.05) is 19.3 Å². The van der Waals surface area contributed by atoms with Crippen LogP contribution in [0.5, 0.6) is 0 Å². The number of nitrogens with one attached hydrogen (secondary N) is 2. The van der Waals surface area contributed by atoms with E-state index >= 15 is 0 Å². The molecule has 0 radical (unpaired) electrons. The zero-order valence-electron chi connectivity index (χ0n) is 10.5. The molecule has 1 aliphatic carbocycles. The summed E-state index contributed by atoms with van der Waals surface area (Å²) in [7, 11) is 0. The van der Waals surface area contributed by atoms with Crippen LogP contribution in [-0.2, 0) is 4.79 Å². The van der Waals surface area contributed by atoms with E-state index in [1.807, 2.05) is 0 Å². The maximum Gasteiger partial charge on any atom is 0.237 e. The molecule has 0 aromatic heterocycles. The van der Waals surface area contributed by atoms with Crippen molar-refractivity contribution in [1.82, 2.24) is 10.6 Å². The first-order valence-electron chi connectivity index (χ1n) is 6.96. The molecule has 1 saturated carbocycles. The van der Waals surface area contributed by atoms with Crippen LogP contribution < -0.4 is 10.6 Å². The van der Waals surface area contributed by atoms with Crippen molar-refractivity contribution in [2.24, 2.45) is 5.92 Å². The second kappa shape index (κ2) is 6.36. The second-order valence-corrected chi connectivity index (χ2v) is 5.34. The highest BCUT2D eigenvalue weighted by molar-refractivity contribution is 5.82. The molecule has 0 bridgehead atoms. The molecule has 1 aliphatic heterocycles. The normalized spacial score (nSPS) is 34.3. The van der Waals surface area contributed by atoms with Crippen LogP contribution in [0.2, 0.25) is 0 Å². The number of aliphatic hydroxyl groups excluding tert-OH is 1. The largest absolute Gasteiger partial charge is 0.396 e. The molecule has 4 nitrogen and oxygen atoms in total. The van der Waals surface area contributed by atoms with Crippen molar-refractivity contribution in [3.05, 3.63) is 0 Å². The van der Waals surface area contributed by atoms with Crippen LogP contribution in [-0.4, -0.2) is 36.2 Å². The molecule has 3 atom stereocenters. The summed E-state index contributed by atoms with van der Waals surface area (Å²) in [4.78, 5) is 12.1. The maximum atomic E-state index is 12.1. The summed E-state index contributed by atoms with van der Waals surface area (Å²) in [5.74, 6) is 0.395. The standard InChI is InChI=1S/C13H24N2O2/c16-9-10-5-1-2-6-11(10)15-13(17)12-7-3-4-8-14-12/h10-12,14,16H,1-9H2,(H,15,17)/t10?,11?,12-/m1/s1. The lowest BCUT2D eigenvalue weighted by Crippen LogP contribution is -2.52. The van der Waals surface area contributed by atoms with E-state index in [1.54, 1.807) is 0 Å². The second-order valence-electron chi connectivity index (χ2n) is 5.34. The van der Waals surface area contributed by atoms with E-state index in [2.05, 4.69) is 10.6 Å². The molecule has 0 aromatic carbocycles. The van der Waals surface area contributed by atoms with Gasteiger partial charge in [-0.05, 0) is 32.2 Å². The molecule has 98 valence electrons. The van der Waals surface area contributed by atoms with Gasteiger partial charge in [0.25, 0.3) is 0 Å². The zero-order chi connectivity index (χ0) is 12.1. The van der Waals surface area contributed by atoms with Gasteiger partial charge in [-0.3, -0.25) is 4.79 Å². The van der Waals surface area contributed by atoms with Gasteiger partial charge in [0.05, 0.1) is 6.04 Å². The number of hydrogen-bond donors (Lipinski definition) is 3. The molecular weight excluding hydrogens is 216 g/mol. The van der Waals surface area contributed by atoms with E-state index in [0.717, 1.165) is 32.2 Å². The Morgan fingerprint density at radius 1 is 1.18 bits per heavy atom. The summed E-state index contributed by atoms with van der Waals surface area (Å²) >= 11 is 0. The minimum atomic E-state index is -0.00924. The Kier molecular flexibility index (Phi) is 4.80. The van der Waals surface area contributed by atoms with E-state index in [0.29, 0.717) is 0 Å². The van der Waals surface area contributed by atoms with Gasteiger partial charge in [0.1, 0.15) is 0 Å². The van der Waals surface area contributed by atoms with Gasteiger partial charge < -0.3 is 15.7 Å². The summed E-state index contributed by atoms with van der Waals surface area (Å²) in [6.45, 7) is 1.15. The minimum Gasteiger partial charge on any atom is -0.396 e. The predicted octanol–water partition coefficient (Wildman–Crippen LogP) is 0.796. The first-order chi connectivity index (χ1) is 8.31. The number of hydrogen-bond acceptors (Lipinski definition) is 3. The van der Waals surface area contributed by atoms with Crippen molar-refractivity contribution >= 4 is 5.91 Å². The quantitative estimate of drug-likeness (QED) is 0.683. The van der Waals surface area contributed by atoms with Gasteiger partial charge in [-0.2, -0.15) is 0 Å². The van der Waals surface area contributed by atoms with E-state index in [1.165, 1.54) is 19.3 Å². The van der Waals surface area contributed by atoms with Crippen LogP contribution in [0.1, 0.15) is 44.9 Å². The Bertz CT molecular complexity index is 252. The maximum absolute atomic E-state index is 12.1. The third-order valence-electron chi connectivity index (χ3n) is 4.10. The van der Waals surface area contributed by atoms with E-state index < -0.39 is 0 Å². The molecule has 0 spiro atoms. The van der Waals surface area contributed by atoms with Crippen LogP contribution in [0.4, 0.5) is 0 Å². The Labute approximate surface area is 103 Å². The van der Waals surface area contributed by atoms with Gasteiger partial charge in [-0.15, -0.1) is 0 Å². The third-order valence-corrected chi connectivity index (χ3v) is 4.10. The van der Waals surface area contributed by atoms with Gasteiger partial charge in [0.15, 0.2) is 0 Å². The summed E-state index contributed by atoms with van der Waals surface area (Å²) in [6.07, 6.45) is 7.66. The smallest absolute Gasteiger partial charge is 0.237 e. The fraction of sp³-hybridized carbons (Fsp3) is 0.923. The monoisotopic (exact) mass is 240 g/mol. The molecule has 4 heteroatoms. The summed E-state index contributed by atoms with van der Waals surface area (Å²) in [5, 5.41) is 15.7. The van der Waals surface area contributed by atoms with E-state index in [9.17, 15) is 9.90 Å². The lowest BCUT2D eigenvalue weighted by atomic mass is 9.85. The first kappa shape index (κ1) is 12.8. The zero-order valence-corrected chi connectivity index (χ0v) is 10.5. The van der Waals surface area contributed by atoms with Crippen molar-refractivity contribution in [3.8, 4) is 0 Å². The summed E-state index contributed by atoms with van der Waals surface area (Å²) < 4.78 is 0. The van der Waals surface area contributed by atoms with Gasteiger partial charge in [0, 0.05) is 18.6 Å². The molecule has 1 amide bonds. The molecule has 2 unspecified atom stereocenters. The average molecular weight is 240 g/mol. The number of amides is 1. The summed E-state index contributed by atoms with van der Waals surface area (Å²) in [6, 6.07) is 0.176. The Morgan fingerprint density at radius 2 is 1.94 bits per heavy atom. The Balaban J connectivity index is 1.83. The molecule has 0 aromatic rings. The molecule has 1 saturated heterocycles. The predicted molar refractivity (Wildman–Crippen MR) is 66.6 cm³/mol. The van der Waals surface area contributed by atoms with Crippen LogP contribution >= 0.6 is 0 Å². The van der Waals surface area contributed by atoms with Crippen molar-refractivity contribution in [3.63, 3.8) is 0 Å². The highest BCUT2D eigenvalue weighted by atomic mass is 16.3. The number of rotatable bonds is 3. The van der Waals surface area contributed by atoms with Crippen LogP contribution in [0, 0.1) is 5.92 Å². The highest BCUT2D eigenvalue weighted by Gasteiger charge is 2.28. The lowest BCUT2D eigenvalue weighted by Gasteiger charge is -2.33. The minimum absolute atomic E-state index is 0.00924. The molecule has 17 heavy (non-hydrogen) atoms. The molecule has 1 heterocycles.